The van der Waals surface area contributed by atoms with Gasteiger partial charge in [-0.3, -0.25) is 0 Å². The van der Waals surface area contributed by atoms with Crippen molar-refractivity contribution in [3.8, 4) is 0 Å². The van der Waals surface area contributed by atoms with E-state index in [0.29, 0.717) is 0 Å². The molecule has 0 bridgehead atoms. The van der Waals surface area contributed by atoms with Crippen LogP contribution in [0.3, 0.4) is 0 Å². The summed E-state index contributed by atoms with van der Waals surface area (Å²) in [6.07, 6.45) is 17.4. The predicted molar refractivity (Wildman–Crippen MR) is 68.1 cm³/mol. The maximum Gasteiger partial charge on any atom is 4.00 e. The van der Waals surface area contributed by atoms with Crippen molar-refractivity contribution in [2.24, 2.45) is 0 Å². The normalized spacial score (nSPS) is 8.82. The first kappa shape index (κ1) is 26.2. The van der Waals surface area contributed by atoms with Crippen molar-refractivity contribution < 1.29 is 32.7 Å². The van der Waals surface area contributed by atoms with Crippen molar-refractivity contribution in [2.75, 3.05) is 0 Å². The molecule has 0 radical (unpaired) electrons. The maximum absolute atomic E-state index is 2.29. The Bertz CT molecular complexity index is 88.2. The molecule has 0 aromatic carbocycles. The van der Waals surface area contributed by atoms with Crippen LogP contribution in [0.25, 0.3) is 0 Å². The van der Waals surface area contributed by atoms with Gasteiger partial charge in [0.1, 0.15) is 0 Å². The second-order valence-electron chi connectivity index (χ2n) is 4.54. The Morgan fingerprint density at radius 1 is 0.412 bits per heavy atom. The summed E-state index contributed by atoms with van der Waals surface area (Å²) in [5, 5.41) is 0. The quantitative estimate of drug-likeness (QED) is 0.355. The van der Waals surface area contributed by atoms with Gasteiger partial charge in [-0.15, -0.1) is 0 Å². The molecule has 0 saturated heterocycles. The van der Waals surface area contributed by atoms with Crippen molar-refractivity contribution in [1.29, 1.82) is 0 Å². The number of unbranched alkanes of at least 4 members (excludes halogenated alkanes) is 11. The number of hydrogen-bond donors (Lipinski definition) is 0. The molecule has 0 aromatic heterocycles. The second-order valence-corrected chi connectivity index (χ2v) is 4.54. The molecule has 0 spiro atoms. The molecular weight excluding hydrogens is 248 g/mol. The van der Waals surface area contributed by atoms with Gasteiger partial charge in [0.15, 0.2) is 0 Å². The van der Waals surface area contributed by atoms with E-state index in [-0.39, 0.29) is 32.7 Å². The molecule has 2 nitrogen and oxygen atoms in total. The molecule has 0 heterocycles. The third-order valence-corrected chi connectivity index (χ3v) is 2.96. The average molecular weight is 278 g/mol. The molecule has 0 saturated carbocycles. The molecule has 0 aliphatic rings. The summed E-state index contributed by atoms with van der Waals surface area (Å²) in [6, 6.07) is 0. The van der Waals surface area contributed by atoms with Crippen LogP contribution in [0.2, 0.25) is 0 Å². The molecule has 0 N–H and O–H groups in total. The Balaban J connectivity index is -0.000000282. The Labute approximate surface area is 123 Å². The third-order valence-electron chi connectivity index (χ3n) is 2.96. The van der Waals surface area contributed by atoms with Gasteiger partial charge in [-0.05, 0) is 0 Å². The minimum absolute atomic E-state index is 0. The molecule has 0 rings (SSSR count). The van der Waals surface area contributed by atoms with Gasteiger partial charge >= 0.3 is 21.7 Å². The Hall–Kier alpha value is 0.634. The summed E-state index contributed by atoms with van der Waals surface area (Å²) in [5.74, 6) is 0. The first-order valence-electron chi connectivity index (χ1n) is 6.91. The molecular formula is C14H30O2Ti. The number of rotatable bonds is 11. The van der Waals surface area contributed by atoms with E-state index in [9.17, 15) is 0 Å². The first-order valence-corrected chi connectivity index (χ1v) is 6.91. The fourth-order valence-corrected chi connectivity index (χ4v) is 1.91. The summed E-state index contributed by atoms with van der Waals surface area (Å²) < 4.78 is 0. The monoisotopic (exact) mass is 278 g/mol. The fourth-order valence-electron chi connectivity index (χ4n) is 1.91. The summed E-state index contributed by atoms with van der Waals surface area (Å²) in [5.41, 5.74) is 0. The van der Waals surface area contributed by atoms with Gasteiger partial charge in [0.25, 0.3) is 0 Å². The molecule has 0 unspecified atom stereocenters. The molecule has 17 heavy (non-hydrogen) atoms. The summed E-state index contributed by atoms with van der Waals surface area (Å²) in [4.78, 5) is 0. The van der Waals surface area contributed by atoms with E-state index >= 15 is 0 Å². The van der Waals surface area contributed by atoms with Crippen molar-refractivity contribution in [3.63, 3.8) is 0 Å². The molecule has 0 aliphatic carbocycles. The zero-order valence-electron chi connectivity index (χ0n) is 11.8. The van der Waals surface area contributed by atoms with Gasteiger partial charge < -0.3 is 11.0 Å². The third kappa shape index (κ3) is 26.3. The maximum atomic E-state index is 2.29. The van der Waals surface area contributed by atoms with Gasteiger partial charge in [0.05, 0.1) is 0 Å². The first-order chi connectivity index (χ1) is 6.91. The predicted octanol–water partition coefficient (Wildman–Crippen LogP) is 5.47. The molecule has 0 amide bonds. The van der Waals surface area contributed by atoms with Crippen molar-refractivity contribution in [1.82, 2.24) is 0 Å². The molecule has 102 valence electrons. The van der Waals surface area contributed by atoms with Crippen molar-refractivity contribution >= 4 is 0 Å². The van der Waals surface area contributed by atoms with Gasteiger partial charge in [0.2, 0.25) is 0 Å². The number of hydrogen-bond acceptors (Lipinski definition) is 0. The van der Waals surface area contributed by atoms with E-state index in [1.807, 2.05) is 0 Å². The van der Waals surface area contributed by atoms with Gasteiger partial charge in [0, 0.05) is 0 Å². The summed E-state index contributed by atoms with van der Waals surface area (Å²) in [6.45, 7) is 4.57. The van der Waals surface area contributed by atoms with E-state index in [1.165, 1.54) is 77.0 Å². The van der Waals surface area contributed by atoms with Gasteiger partial charge in [-0.2, -0.15) is 0 Å². The smallest absolute Gasteiger partial charge is 2.00 e. The van der Waals surface area contributed by atoms with Crippen LogP contribution in [0.5, 0.6) is 0 Å². The topological polar surface area (TPSA) is 57.0 Å². The summed E-state index contributed by atoms with van der Waals surface area (Å²) >= 11 is 0. The van der Waals surface area contributed by atoms with Crippen LogP contribution in [0.15, 0.2) is 0 Å². The SMILES string of the molecule is CCCCCCCCCCCCCC.[O-2].[O-2].[Ti+4]. The van der Waals surface area contributed by atoms with Crippen LogP contribution in [-0.2, 0) is 32.7 Å². The van der Waals surface area contributed by atoms with E-state index in [4.69, 9.17) is 0 Å². The summed E-state index contributed by atoms with van der Waals surface area (Å²) in [7, 11) is 0. The van der Waals surface area contributed by atoms with Crippen LogP contribution in [0.4, 0.5) is 0 Å². The molecule has 0 fully saturated rings. The molecule has 0 aliphatic heterocycles. The van der Waals surface area contributed by atoms with Gasteiger partial charge in [-0.25, -0.2) is 0 Å². The Morgan fingerprint density at radius 2 is 0.588 bits per heavy atom. The van der Waals surface area contributed by atoms with Crippen LogP contribution >= 0.6 is 0 Å². The largest absolute Gasteiger partial charge is 4.00 e. The minimum atomic E-state index is 0. The van der Waals surface area contributed by atoms with E-state index in [1.54, 1.807) is 0 Å². The van der Waals surface area contributed by atoms with Crippen molar-refractivity contribution in [2.45, 2.75) is 90.9 Å². The van der Waals surface area contributed by atoms with Crippen LogP contribution in [0, 0.1) is 0 Å². The minimum Gasteiger partial charge on any atom is -2.00 e. The van der Waals surface area contributed by atoms with Crippen molar-refractivity contribution in [3.05, 3.63) is 0 Å². The van der Waals surface area contributed by atoms with Crippen LogP contribution in [0.1, 0.15) is 90.9 Å². The van der Waals surface area contributed by atoms with E-state index < -0.39 is 0 Å². The Kier molecular flexibility index (Phi) is 39.3. The molecule has 3 heteroatoms. The van der Waals surface area contributed by atoms with E-state index in [2.05, 4.69) is 13.8 Å². The standard InChI is InChI=1S/C14H30.2O.Ti/c1-3-5-7-9-11-13-14-12-10-8-6-4-2;;;/h3-14H2,1-2H3;;;/q;2*-2;+4. The van der Waals surface area contributed by atoms with Crippen LogP contribution in [-0.4, -0.2) is 0 Å². The molecule has 0 atom stereocenters. The fraction of sp³-hybridized carbons (Fsp3) is 1.00. The molecule has 0 aromatic rings. The van der Waals surface area contributed by atoms with E-state index in [0.717, 1.165) is 0 Å². The zero-order chi connectivity index (χ0) is 10.5. The van der Waals surface area contributed by atoms with Crippen LogP contribution < -0.4 is 0 Å². The zero-order valence-corrected chi connectivity index (χ0v) is 13.4. The van der Waals surface area contributed by atoms with Gasteiger partial charge in [-0.1, -0.05) is 90.9 Å². The second kappa shape index (κ2) is 25.5. The Morgan fingerprint density at radius 3 is 0.765 bits per heavy atom. The average Bonchev–Trinajstić information content (AvgIpc) is 2.21.